The first-order valence-corrected chi connectivity index (χ1v) is 7.79. The van der Waals surface area contributed by atoms with Gasteiger partial charge in [0.25, 0.3) is 0 Å². The van der Waals surface area contributed by atoms with Crippen molar-refractivity contribution in [2.24, 2.45) is 0 Å². The Morgan fingerprint density at radius 1 is 1.00 bits per heavy atom. The van der Waals surface area contributed by atoms with Crippen LogP contribution in [0.2, 0.25) is 0 Å². The van der Waals surface area contributed by atoms with Crippen LogP contribution in [0.4, 0.5) is 4.39 Å². The summed E-state index contributed by atoms with van der Waals surface area (Å²) in [6.07, 6.45) is -0.0588. The summed E-state index contributed by atoms with van der Waals surface area (Å²) in [5.41, 5.74) is 1.16. The molecule has 0 saturated heterocycles. The van der Waals surface area contributed by atoms with Crippen LogP contribution in [0.1, 0.15) is 17.2 Å². The molecule has 3 nitrogen and oxygen atoms in total. The number of carbonyl (C=O) groups is 1. The number of carbonyl (C=O) groups excluding carboxylic acids is 1. The van der Waals surface area contributed by atoms with Gasteiger partial charge in [0.05, 0.1) is 19.1 Å². The largest absolute Gasteiger partial charge is 0.394 e. The zero-order valence-corrected chi connectivity index (χ0v) is 13.1. The minimum atomic E-state index is -0.520. The van der Waals surface area contributed by atoms with Crippen LogP contribution < -0.4 is 5.32 Å². The summed E-state index contributed by atoms with van der Waals surface area (Å²) in [5, 5.41) is 14.5. The Bertz CT molecular complexity index is 863. The molecule has 0 unspecified atom stereocenters. The molecule has 122 valence electrons. The van der Waals surface area contributed by atoms with Gasteiger partial charge in [-0.15, -0.1) is 0 Å². The second-order valence-corrected chi connectivity index (χ2v) is 5.68. The van der Waals surface area contributed by atoms with Crippen LogP contribution in [0, 0.1) is 5.82 Å². The van der Waals surface area contributed by atoms with Crippen LogP contribution in [-0.4, -0.2) is 17.6 Å². The fraction of sp³-hybridized carbons (Fsp3) is 0.150. The van der Waals surface area contributed by atoms with Crippen LogP contribution in [-0.2, 0) is 11.2 Å². The van der Waals surface area contributed by atoms with Crippen molar-refractivity contribution in [2.45, 2.75) is 12.5 Å². The fourth-order valence-electron chi connectivity index (χ4n) is 2.72. The number of benzene rings is 3. The zero-order chi connectivity index (χ0) is 16.9. The quantitative estimate of drug-likeness (QED) is 0.756. The maximum absolute atomic E-state index is 13.6. The number of nitrogens with one attached hydrogen (secondary N) is 1. The number of aliphatic hydroxyl groups excluding tert-OH is 1. The molecular weight excluding hydrogens is 305 g/mol. The molecule has 3 aromatic rings. The van der Waals surface area contributed by atoms with Crippen molar-refractivity contribution in [1.82, 2.24) is 5.32 Å². The van der Waals surface area contributed by atoms with E-state index in [1.807, 2.05) is 42.5 Å². The zero-order valence-electron chi connectivity index (χ0n) is 13.1. The highest BCUT2D eigenvalue weighted by atomic mass is 19.1. The topological polar surface area (TPSA) is 49.3 Å². The number of hydrogen-bond acceptors (Lipinski definition) is 2. The van der Waals surface area contributed by atoms with Crippen LogP contribution in [0.5, 0.6) is 0 Å². The van der Waals surface area contributed by atoms with E-state index in [1.54, 1.807) is 18.2 Å². The van der Waals surface area contributed by atoms with E-state index in [0.29, 0.717) is 5.56 Å². The van der Waals surface area contributed by atoms with Crippen molar-refractivity contribution in [3.63, 3.8) is 0 Å². The predicted octanol–water partition coefficient (Wildman–Crippen LogP) is 3.37. The molecule has 0 aliphatic heterocycles. The minimum Gasteiger partial charge on any atom is -0.394 e. The second kappa shape index (κ2) is 7.23. The van der Waals surface area contributed by atoms with Gasteiger partial charge in [-0.2, -0.15) is 0 Å². The molecule has 0 aliphatic carbocycles. The van der Waals surface area contributed by atoms with Crippen LogP contribution in [0.3, 0.4) is 0 Å². The van der Waals surface area contributed by atoms with Crippen molar-refractivity contribution in [1.29, 1.82) is 0 Å². The van der Waals surface area contributed by atoms with Gasteiger partial charge in [0.1, 0.15) is 5.82 Å². The summed E-state index contributed by atoms with van der Waals surface area (Å²) < 4.78 is 13.6. The van der Waals surface area contributed by atoms with Crippen molar-refractivity contribution >= 4 is 16.7 Å². The van der Waals surface area contributed by atoms with Gasteiger partial charge in [-0.05, 0) is 34.0 Å². The molecular formula is C20H18FNO2. The number of fused-ring (bicyclic) bond motifs is 1. The number of rotatable bonds is 5. The van der Waals surface area contributed by atoms with Crippen molar-refractivity contribution in [3.8, 4) is 0 Å². The van der Waals surface area contributed by atoms with E-state index in [1.165, 1.54) is 6.07 Å². The third-order valence-electron chi connectivity index (χ3n) is 4.00. The van der Waals surface area contributed by atoms with Gasteiger partial charge in [-0.3, -0.25) is 4.79 Å². The highest BCUT2D eigenvalue weighted by molar-refractivity contribution is 5.83. The third-order valence-corrected chi connectivity index (χ3v) is 4.00. The highest BCUT2D eigenvalue weighted by Gasteiger charge is 2.15. The Morgan fingerprint density at radius 3 is 2.46 bits per heavy atom. The molecule has 0 bridgehead atoms. The molecule has 0 spiro atoms. The lowest BCUT2D eigenvalue weighted by molar-refractivity contribution is -0.121. The van der Waals surface area contributed by atoms with Crippen molar-refractivity contribution in [2.75, 3.05) is 6.61 Å². The SMILES string of the molecule is O=C(Cc1ccccc1F)N[C@@H](CO)c1ccc2ccccc2c1. The van der Waals surface area contributed by atoms with E-state index in [-0.39, 0.29) is 18.9 Å². The van der Waals surface area contributed by atoms with Gasteiger partial charge in [0, 0.05) is 0 Å². The monoisotopic (exact) mass is 323 g/mol. The van der Waals surface area contributed by atoms with Crippen LogP contribution in [0.25, 0.3) is 10.8 Å². The van der Waals surface area contributed by atoms with E-state index >= 15 is 0 Å². The Hall–Kier alpha value is -2.72. The number of halogens is 1. The fourth-order valence-corrected chi connectivity index (χ4v) is 2.72. The lowest BCUT2D eigenvalue weighted by atomic mass is 10.0. The average Bonchev–Trinajstić information content (AvgIpc) is 2.61. The molecule has 3 aromatic carbocycles. The second-order valence-electron chi connectivity index (χ2n) is 5.68. The molecule has 24 heavy (non-hydrogen) atoms. The maximum Gasteiger partial charge on any atom is 0.225 e. The van der Waals surface area contributed by atoms with Gasteiger partial charge >= 0.3 is 0 Å². The molecule has 1 atom stereocenters. The first-order valence-electron chi connectivity index (χ1n) is 7.79. The van der Waals surface area contributed by atoms with E-state index < -0.39 is 11.9 Å². The normalized spacial score (nSPS) is 12.1. The first-order chi connectivity index (χ1) is 11.7. The van der Waals surface area contributed by atoms with Crippen LogP contribution in [0.15, 0.2) is 66.7 Å². The van der Waals surface area contributed by atoms with Crippen molar-refractivity contribution in [3.05, 3.63) is 83.7 Å². The standard InChI is InChI=1S/C20H18FNO2/c21-18-8-4-3-7-16(18)12-20(24)22-19(13-23)17-10-9-14-5-1-2-6-15(14)11-17/h1-11,19,23H,12-13H2,(H,22,24)/t19-/m0/s1. The summed E-state index contributed by atoms with van der Waals surface area (Å²) in [4.78, 5) is 12.2. The summed E-state index contributed by atoms with van der Waals surface area (Å²) in [6, 6.07) is 19.3. The van der Waals surface area contributed by atoms with Crippen molar-refractivity contribution < 1.29 is 14.3 Å². The number of aliphatic hydroxyl groups is 1. The molecule has 2 N–H and O–H groups in total. The molecule has 1 amide bonds. The molecule has 0 heterocycles. The highest BCUT2D eigenvalue weighted by Crippen LogP contribution is 2.20. The molecule has 3 rings (SSSR count). The number of amides is 1. The van der Waals surface area contributed by atoms with Gasteiger partial charge in [0.15, 0.2) is 0 Å². The first kappa shape index (κ1) is 16.1. The molecule has 0 radical (unpaired) electrons. The molecule has 0 saturated carbocycles. The van der Waals surface area contributed by atoms with Gasteiger partial charge in [0.2, 0.25) is 5.91 Å². The molecule has 0 aliphatic rings. The molecule has 0 aromatic heterocycles. The third kappa shape index (κ3) is 3.60. The Labute approximate surface area is 139 Å². The average molecular weight is 323 g/mol. The summed E-state index contributed by atoms with van der Waals surface area (Å²) >= 11 is 0. The minimum absolute atomic E-state index is 0.0588. The Balaban J connectivity index is 1.75. The van der Waals surface area contributed by atoms with Crippen LogP contribution >= 0.6 is 0 Å². The molecule has 0 fully saturated rings. The van der Waals surface area contributed by atoms with Gasteiger partial charge in [-0.1, -0.05) is 54.6 Å². The van der Waals surface area contributed by atoms with E-state index in [4.69, 9.17) is 0 Å². The molecule has 4 heteroatoms. The summed E-state index contributed by atoms with van der Waals surface area (Å²) in [5.74, 6) is -0.730. The van der Waals surface area contributed by atoms with E-state index in [9.17, 15) is 14.3 Å². The van der Waals surface area contributed by atoms with Gasteiger partial charge in [-0.25, -0.2) is 4.39 Å². The van der Waals surface area contributed by atoms with Gasteiger partial charge < -0.3 is 10.4 Å². The Morgan fingerprint density at radius 2 is 1.71 bits per heavy atom. The number of hydrogen-bond donors (Lipinski definition) is 2. The van der Waals surface area contributed by atoms with E-state index in [0.717, 1.165) is 16.3 Å². The van der Waals surface area contributed by atoms with E-state index in [2.05, 4.69) is 5.32 Å². The smallest absolute Gasteiger partial charge is 0.225 e. The summed E-state index contributed by atoms with van der Waals surface area (Å²) in [6.45, 7) is -0.221. The predicted molar refractivity (Wildman–Crippen MR) is 92.0 cm³/mol. The maximum atomic E-state index is 13.6. The Kier molecular flexibility index (Phi) is 4.87. The lowest BCUT2D eigenvalue weighted by Gasteiger charge is -2.17. The lowest BCUT2D eigenvalue weighted by Crippen LogP contribution is -2.32. The summed E-state index contributed by atoms with van der Waals surface area (Å²) in [7, 11) is 0.